The van der Waals surface area contributed by atoms with Gasteiger partial charge in [0, 0.05) is 5.56 Å². The lowest BCUT2D eigenvalue weighted by molar-refractivity contribution is 0.0606. The smallest absolute Gasteiger partial charge is 0.349 e. The molecule has 0 saturated carbocycles. The van der Waals surface area contributed by atoms with Gasteiger partial charge >= 0.3 is 5.97 Å². The van der Waals surface area contributed by atoms with E-state index in [0.717, 1.165) is 0 Å². The molecule has 66 valence electrons. The molecule has 5 heteroatoms. The molecule has 0 unspecified atom stereocenters. The van der Waals surface area contributed by atoms with E-state index in [9.17, 15) is 4.79 Å². The summed E-state index contributed by atoms with van der Waals surface area (Å²) in [6.45, 7) is -0.160. The second-order valence-electron chi connectivity index (χ2n) is 2.05. The molecule has 0 radical (unpaired) electrons. The Balaban J connectivity index is 3.02. The third kappa shape index (κ3) is 1.60. The van der Waals surface area contributed by atoms with Crippen LogP contribution in [0.4, 0.5) is 0 Å². The molecular formula is C7H7ClO3S. The highest BCUT2D eigenvalue weighted by molar-refractivity contribution is 7.12. The molecule has 0 aliphatic heterocycles. The van der Waals surface area contributed by atoms with Gasteiger partial charge in [-0.05, 0) is 5.38 Å². The predicted octanol–water partition coefficient (Wildman–Crippen LogP) is 1.68. The van der Waals surface area contributed by atoms with Crippen molar-refractivity contribution in [1.82, 2.24) is 0 Å². The first-order valence-electron chi connectivity index (χ1n) is 3.15. The Morgan fingerprint density at radius 1 is 1.83 bits per heavy atom. The SMILES string of the molecule is COC(=O)c1scc(CO)c1Cl. The van der Waals surface area contributed by atoms with Gasteiger partial charge in [-0.3, -0.25) is 0 Å². The van der Waals surface area contributed by atoms with Crippen LogP contribution in [-0.2, 0) is 11.3 Å². The maximum Gasteiger partial charge on any atom is 0.349 e. The Morgan fingerprint density at radius 2 is 2.50 bits per heavy atom. The zero-order valence-electron chi connectivity index (χ0n) is 6.33. The Kier molecular flexibility index (Phi) is 3.08. The topological polar surface area (TPSA) is 46.5 Å². The van der Waals surface area contributed by atoms with Gasteiger partial charge < -0.3 is 9.84 Å². The molecule has 1 aromatic heterocycles. The first-order chi connectivity index (χ1) is 5.70. The van der Waals surface area contributed by atoms with Gasteiger partial charge in [0.05, 0.1) is 18.7 Å². The summed E-state index contributed by atoms with van der Waals surface area (Å²) in [5.41, 5.74) is 0.557. The van der Waals surface area contributed by atoms with Crippen molar-refractivity contribution in [3.05, 3.63) is 20.8 Å². The number of esters is 1. The third-order valence-corrected chi connectivity index (χ3v) is 2.89. The van der Waals surface area contributed by atoms with E-state index in [4.69, 9.17) is 16.7 Å². The molecular weight excluding hydrogens is 200 g/mol. The van der Waals surface area contributed by atoms with Crippen LogP contribution in [0.2, 0.25) is 5.02 Å². The van der Waals surface area contributed by atoms with Gasteiger partial charge in [-0.2, -0.15) is 0 Å². The van der Waals surface area contributed by atoms with E-state index in [2.05, 4.69) is 4.74 Å². The van der Waals surface area contributed by atoms with Gasteiger partial charge in [-0.1, -0.05) is 11.6 Å². The summed E-state index contributed by atoms with van der Waals surface area (Å²) in [6.07, 6.45) is 0. The average molecular weight is 207 g/mol. The zero-order valence-corrected chi connectivity index (χ0v) is 7.91. The minimum Gasteiger partial charge on any atom is -0.465 e. The van der Waals surface area contributed by atoms with Crippen molar-refractivity contribution >= 4 is 28.9 Å². The quantitative estimate of drug-likeness (QED) is 0.749. The summed E-state index contributed by atoms with van der Waals surface area (Å²) < 4.78 is 4.48. The number of carbonyl (C=O) groups is 1. The van der Waals surface area contributed by atoms with Gasteiger partial charge in [0.2, 0.25) is 0 Å². The van der Waals surface area contributed by atoms with Crippen molar-refractivity contribution in [3.8, 4) is 0 Å². The Bertz CT molecular complexity index is 295. The molecule has 1 aromatic rings. The third-order valence-electron chi connectivity index (χ3n) is 1.34. The normalized spacial score (nSPS) is 9.92. The molecule has 0 fully saturated rings. The first kappa shape index (κ1) is 9.51. The van der Waals surface area contributed by atoms with Gasteiger partial charge in [-0.15, -0.1) is 11.3 Å². The zero-order chi connectivity index (χ0) is 9.14. The Labute approximate surface area is 78.5 Å². The predicted molar refractivity (Wildman–Crippen MR) is 46.6 cm³/mol. The van der Waals surface area contributed by atoms with Crippen molar-refractivity contribution < 1.29 is 14.6 Å². The van der Waals surface area contributed by atoms with Crippen molar-refractivity contribution in [1.29, 1.82) is 0 Å². The Hall–Kier alpha value is -0.580. The minimum absolute atomic E-state index is 0.160. The number of thiophene rings is 1. The number of aliphatic hydroxyl groups excluding tert-OH is 1. The molecule has 1 rings (SSSR count). The van der Waals surface area contributed by atoms with E-state index in [0.29, 0.717) is 10.4 Å². The number of carbonyl (C=O) groups excluding carboxylic acids is 1. The molecule has 0 saturated heterocycles. The van der Waals surface area contributed by atoms with Crippen LogP contribution in [0.15, 0.2) is 5.38 Å². The monoisotopic (exact) mass is 206 g/mol. The van der Waals surface area contributed by atoms with Crippen LogP contribution >= 0.6 is 22.9 Å². The molecule has 0 spiro atoms. The minimum atomic E-state index is -0.468. The van der Waals surface area contributed by atoms with Crippen molar-refractivity contribution in [2.24, 2.45) is 0 Å². The summed E-state index contributed by atoms with van der Waals surface area (Å²) in [6, 6.07) is 0. The standard InChI is InChI=1S/C7H7ClO3S/c1-11-7(10)6-5(8)4(2-9)3-12-6/h3,9H,2H2,1H3. The van der Waals surface area contributed by atoms with Crippen LogP contribution in [0.5, 0.6) is 0 Å². The van der Waals surface area contributed by atoms with Crippen LogP contribution < -0.4 is 0 Å². The van der Waals surface area contributed by atoms with Crippen LogP contribution in [0.1, 0.15) is 15.2 Å². The maximum atomic E-state index is 11.0. The Morgan fingerprint density at radius 3 is 2.92 bits per heavy atom. The van der Waals surface area contributed by atoms with E-state index in [-0.39, 0.29) is 11.6 Å². The van der Waals surface area contributed by atoms with E-state index in [1.54, 1.807) is 5.38 Å². The van der Waals surface area contributed by atoms with E-state index in [1.165, 1.54) is 18.4 Å². The largest absolute Gasteiger partial charge is 0.465 e. The van der Waals surface area contributed by atoms with Crippen LogP contribution in [0.3, 0.4) is 0 Å². The molecule has 0 aliphatic rings. The fourth-order valence-corrected chi connectivity index (χ4v) is 1.97. The van der Waals surface area contributed by atoms with Crippen LogP contribution in [-0.4, -0.2) is 18.2 Å². The number of methoxy groups -OCH3 is 1. The van der Waals surface area contributed by atoms with Crippen molar-refractivity contribution in [3.63, 3.8) is 0 Å². The highest BCUT2D eigenvalue weighted by atomic mass is 35.5. The fourth-order valence-electron chi connectivity index (χ4n) is 0.716. The first-order valence-corrected chi connectivity index (χ1v) is 4.41. The molecule has 0 amide bonds. The summed E-state index contributed by atoms with van der Waals surface area (Å²) in [4.78, 5) is 11.3. The van der Waals surface area contributed by atoms with Gasteiger partial charge in [0.1, 0.15) is 4.88 Å². The second kappa shape index (κ2) is 3.89. The number of ether oxygens (including phenoxy) is 1. The van der Waals surface area contributed by atoms with E-state index in [1.807, 2.05) is 0 Å². The highest BCUT2D eigenvalue weighted by Gasteiger charge is 2.15. The number of aliphatic hydroxyl groups is 1. The lowest BCUT2D eigenvalue weighted by Crippen LogP contribution is -1.98. The number of hydrogen-bond donors (Lipinski definition) is 1. The number of rotatable bonds is 2. The molecule has 0 aliphatic carbocycles. The van der Waals surface area contributed by atoms with Gasteiger partial charge in [0.15, 0.2) is 0 Å². The summed E-state index contributed by atoms with van der Waals surface area (Å²) in [7, 11) is 1.29. The van der Waals surface area contributed by atoms with Crippen molar-refractivity contribution in [2.45, 2.75) is 6.61 Å². The second-order valence-corrected chi connectivity index (χ2v) is 3.31. The lowest BCUT2D eigenvalue weighted by atomic mass is 10.3. The summed E-state index contributed by atoms with van der Waals surface area (Å²) in [5.74, 6) is -0.468. The van der Waals surface area contributed by atoms with Crippen LogP contribution in [0.25, 0.3) is 0 Å². The number of hydrogen-bond acceptors (Lipinski definition) is 4. The lowest BCUT2D eigenvalue weighted by Gasteiger charge is -1.95. The molecule has 1 N–H and O–H groups in total. The molecule has 3 nitrogen and oxygen atoms in total. The van der Waals surface area contributed by atoms with E-state index >= 15 is 0 Å². The summed E-state index contributed by atoms with van der Waals surface area (Å²) >= 11 is 6.91. The van der Waals surface area contributed by atoms with Crippen molar-refractivity contribution in [2.75, 3.05) is 7.11 Å². The molecule has 0 aromatic carbocycles. The average Bonchev–Trinajstić information content (AvgIpc) is 2.45. The fraction of sp³-hybridized carbons (Fsp3) is 0.286. The highest BCUT2D eigenvalue weighted by Crippen LogP contribution is 2.28. The number of halogens is 1. The van der Waals surface area contributed by atoms with Gasteiger partial charge in [-0.25, -0.2) is 4.79 Å². The molecule has 0 atom stereocenters. The molecule has 1 heterocycles. The molecule has 0 bridgehead atoms. The molecule has 12 heavy (non-hydrogen) atoms. The van der Waals surface area contributed by atoms with E-state index < -0.39 is 5.97 Å². The summed E-state index contributed by atoms with van der Waals surface area (Å²) in [5, 5.41) is 10.7. The van der Waals surface area contributed by atoms with Crippen LogP contribution in [0, 0.1) is 0 Å². The van der Waals surface area contributed by atoms with Gasteiger partial charge in [0.25, 0.3) is 0 Å². The maximum absolute atomic E-state index is 11.0.